The molecule has 3 nitrogen and oxygen atoms in total. The number of aromatic nitrogens is 2. The predicted octanol–water partition coefficient (Wildman–Crippen LogP) is 1.34. The summed E-state index contributed by atoms with van der Waals surface area (Å²) < 4.78 is 2.33. The third kappa shape index (κ3) is 1.27. The highest BCUT2D eigenvalue weighted by Crippen LogP contribution is 2.26. The van der Waals surface area contributed by atoms with Crippen molar-refractivity contribution in [2.75, 3.05) is 6.54 Å². The number of nitrogens with two attached hydrogens (primary N) is 1. The van der Waals surface area contributed by atoms with Crippen LogP contribution >= 0.6 is 0 Å². The lowest BCUT2D eigenvalue weighted by Gasteiger charge is -2.25. The van der Waals surface area contributed by atoms with Crippen LogP contribution in [0.3, 0.4) is 0 Å². The van der Waals surface area contributed by atoms with Crippen LogP contribution in [0.1, 0.15) is 36.1 Å². The number of hydrogen-bond donors (Lipinski definition) is 1. The molecule has 3 heteroatoms. The lowest BCUT2D eigenvalue weighted by atomic mass is 10.0. The first-order chi connectivity index (χ1) is 6.24. The normalized spacial score (nSPS) is 21.6. The molecule has 0 bridgehead atoms. The van der Waals surface area contributed by atoms with E-state index in [0.29, 0.717) is 6.04 Å². The molecular formula is C10H17N3. The molecule has 1 atom stereocenters. The van der Waals surface area contributed by atoms with Gasteiger partial charge in [0.15, 0.2) is 0 Å². The lowest BCUT2D eigenvalue weighted by Crippen LogP contribution is -2.25. The molecule has 13 heavy (non-hydrogen) atoms. The molecule has 2 heterocycles. The van der Waals surface area contributed by atoms with E-state index in [0.717, 1.165) is 18.7 Å². The fourth-order valence-corrected chi connectivity index (χ4v) is 2.21. The second-order valence-corrected chi connectivity index (χ2v) is 3.85. The Morgan fingerprint density at radius 3 is 3.00 bits per heavy atom. The molecule has 2 N–H and O–H groups in total. The minimum atomic E-state index is 0.491. The molecule has 1 aromatic rings. The molecule has 72 valence electrons. The summed E-state index contributed by atoms with van der Waals surface area (Å²) in [5, 5.41) is 0. The van der Waals surface area contributed by atoms with Gasteiger partial charge in [-0.2, -0.15) is 0 Å². The van der Waals surface area contributed by atoms with Crippen molar-refractivity contribution in [1.82, 2.24) is 9.55 Å². The van der Waals surface area contributed by atoms with Gasteiger partial charge in [-0.3, -0.25) is 0 Å². The zero-order valence-corrected chi connectivity index (χ0v) is 8.38. The molecule has 1 aromatic heterocycles. The molecular weight excluding hydrogens is 162 g/mol. The van der Waals surface area contributed by atoms with Gasteiger partial charge in [0.25, 0.3) is 0 Å². The van der Waals surface area contributed by atoms with E-state index in [1.807, 2.05) is 0 Å². The van der Waals surface area contributed by atoms with E-state index in [-0.39, 0.29) is 0 Å². The van der Waals surface area contributed by atoms with Crippen LogP contribution in [-0.4, -0.2) is 16.1 Å². The van der Waals surface area contributed by atoms with Crippen molar-refractivity contribution in [3.05, 3.63) is 17.2 Å². The Hall–Kier alpha value is -0.830. The van der Waals surface area contributed by atoms with Crippen molar-refractivity contribution in [1.29, 1.82) is 0 Å². The van der Waals surface area contributed by atoms with Gasteiger partial charge in [0.05, 0.1) is 5.69 Å². The lowest BCUT2D eigenvalue weighted by molar-refractivity contribution is 0.398. The molecule has 1 aliphatic rings. The molecule has 1 aliphatic heterocycles. The van der Waals surface area contributed by atoms with Crippen LogP contribution in [0.4, 0.5) is 0 Å². The van der Waals surface area contributed by atoms with Gasteiger partial charge in [-0.25, -0.2) is 4.98 Å². The Labute approximate surface area is 79.0 Å². The molecule has 0 aliphatic carbocycles. The van der Waals surface area contributed by atoms with Gasteiger partial charge in [-0.15, -0.1) is 0 Å². The fourth-order valence-electron chi connectivity index (χ4n) is 2.21. The van der Waals surface area contributed by atoms with Crippen LogP contribution in [0.2, 0.25) is 0 Å². The average Bonchev–Trinajstić information content (AvgIpc) is 2.43. The van der Waals surface area contributed by atoms with E-state index >= 15 is 0 Å². The first-order valence-electron chi connectivity index (χ1n) is 4.98. The summed E-state index contributed by atoms with van der Waals surface area (Å²) in [4.78, 5) is 4.56. The number of aryl methyl sites for hydroxylation is 2. The summed E-state index contributed by atoms with van der Waals surface area (Å²) in [6, 6.07) is 0.491. The molecule has 0 aromatic carbocycles. The zero-order chi connectivity index (χ0) is 9.42. The Bertz CT molecular complexity index is 314. The molecule has 0 saturated heterocycles. The van der Waals surface area contributed by atoms with Crippen LogP contribution in [0.15, 0.2) is 0 Å². The van der Waals surface area contributed by atoms with E-state index < -0.39 is 0 Å². The number of imidazole rings is 1. The van der Waals surface area contributed by atoms with Gasteiger partial charge < -0.3 is 10.3 Å². The van der Waals surface area contributed by atoms with E-state index in [1.165, 1.54) is 24.4 Å². The molecule has 0 radical (unpaired) electrons. The predicted molar refractivity (Wildman–Crippen MR) is 52.7 cm³/mol. The first kappa shape index (κ1) is 8.75. The highest BCUT2D eigenvalue weighted by atomic mass is 15.1. The van der Waals surface area contributed by atoms with Crippen LogP contribution in [0.5, 0.6) is 0 Å². The summed E-state index contributed by atoms with van der Waals surface area (Å²) in [7, 11) is 0. The number of nitrogens with zero attached hydrogens (tertiary/aromatic N) is 2. The van der Waals surface area contributed by atoms with E-state index in [9.17, 15) is 0 Å². The second kappa shape index (κ2) is 3.14. The number of hydrogen-bond acceptors (Lipinski definition) is 2. The van der Waals surface area contributed by atoms with Gasteiger partial charge in [0, 0.05) is 24.7 Å². The second-order valence-electron chi connectivity index (χ2n) is 3.85. The van der Waals surface area contributed by atoms with Gasteiger partial charge in [-0.1, -0.05) is 0 Å². The maximum atomic E-state index is 5.75. The minimum absolute atomic E-state index is 0.491. The number of rotatable bonds is 1. The monoisotopic (exact) mass is 179 g/mol. The van der Waals surface area contributed by atoms with Crippen molar-refractivity contribution in [3.8, 4) is 0 Å². The van der Waals surface area contributed by atoms with Gasteiger partial charge in [0.1, 0.15) is 5.82 Å². The Morgan fingerprint density at radius 1 is 1.54 bits per heavy atom. The minimum Gasteiger partial charge on any atom is -0.328 e. The highest BCUT2D eigenvalue weighted by molar-refractivity contribution is 5.17. The summed E-state index contributed by atoms with van der Waals surface area (Å²) in [6.45, 7) is 4.96. The molecule has 0 amide bonds. The maximum Gasteiger partial charge on any atom is 0.109 e. The largest absolute Gasteiger partial charge is 0.328 e. The van der Waals surface area contributed by atoms with E-state index in [4.69, 9.17) is 5.73 Å². The van der Waals surface area contributed by atoms with Crippen molar-refractivity contribution >= 4 is 0 Å². The zero-order valence-electron chi connectivity index (χ0n) is 8.38. The third-order valence-electron chi connectivity index (χ3n) is 3.03. The average molecular weight is 179 g/mol. The van der Waals surface area contributed by atoms with E-state index in [2.05, 4.69) is 23.4 Å². The first-order valence-corrected chi connectivity index (χ1v) is 4.98. The van der Waals surface area contributed by atoms with Crippen molar-refractivity contribution in [3.63, 3.8) is 0 Å². The summed E-state index contributed by atoms with van der Waals surface area (Å²) >= 11 is 0. The van der Waals surface area contributed by atoms with Gasteiger partial charge in [0.2, 0.25) is 0 Å². The van der Waals surface area contributed by atoms with Crippen LogP contribution < -0.4 is 5.73 Å². The fraction of sp³-hybridized carbons (Fsp3) is 0.700. The van der Waals surface area contributed by atoms with E-state index in [1.54, 1.807) is 0 Å². The summed E-state index contributed by atoms with van der Waals surface area (Å²) in [5.41, 5.74) is 8.21. The quantitative estimate of drug-likeness (QED) is 0.707. The van der Waals surface area contributed by atoms with Crippen LogP contribution in [0, 0.1) is 13.8 Å². The topological polar surface area (TPSA) is 43.8 Å². The molecule has 0 spiro atoms. The maximum absolute atomic E-state index is 5.75. The van der Waals surface area contributed by atoms with Crippen molar-refractivity contribution in [2.45, 2.75) is 39.2 Å². The molecule has 2 rings (SSSR count). The van der Waals surface area contributed by atoms with Gasteiger partial charge >= 0.3 is 0 Å². The number of fused-ring (bicyclic) bond motifs is 1. The van der Waals surface area contributed by atoms with Gasteiger partial charge in [-0.05, 0) is 26.7 Å². The smallest absolute Gasteiger partial charge is 0.109 e. The van der Waals surface area contributed by atoms with Crippen LogP contribution in [0.25, 0.3) is 0 Å². The molecule has 0 fully saturated rings. The third-order valence-corrected chi connectivity index (χ3v) is 3.03. The Morgan fingerprint density at radius 2 is 2.31 bits per heavy atom. The molecule has 0 saturated carbocycles. The summed E-state index contributed by atoms with van der Waals surface area (Å²) in [6.07, 6.45) is 3.56. The Balaban J connectivity index is 2.47. The Kier molecular flexibility index (Phi) is 2.12. The highest BCUT2D eigenvalue weighted by Gasteiger charge is 2.22. The van der Waals surface area contributed by atoms with Crippen molar-refractivity contribution < 1.29 is 0 Å². The standard InChI is InChI=1S/C10H17N3/c1-7-8(2)13-9(6-11)4-3-5-10(13)12-7/h9H,3-6,11H2,1-2H3. The SMILES string of the molecule is Cc1nc2n(c1C)C(CN)CCC2. The van der Waals surface area contributed by atoms with Crippen LogP contribution in [-0.2, 0) is 6.42 Å². The summed E-state index contributed by atoms with van der Waals surface area (Å²) in [5.74, 6) is 1.23. The molecule has 1 unspecified atom stereocenters. The van der Waals surface area contributed by atoms with Crippen molar-refractivity contribution in [2.24, 2.45) is 5.73 Å².